The normalized spacial score (nSPS) is 10.9. The fourth-order valence-corrected chi connectivity index (χ4v) is 2.61. The number of ether oxygens (including phenoxy) is 1. The van der Waals surface area contributed by atoms with E-state index in [0.717, 1.165) is 11.3 Å². The van der Waals surface area contributed by atoms with Gasteiger partial charge in [0.2, 0.25) is 0 Å². The molecule has 0 radical (unpaired) electrons. The number of hydrogen-bond acceptors (Lipinski definition) is 4. The van der Waals surface area contributed by atoms with Crippen LogP contribution in [0.15, 0.2) is 51.7 Å². The van der Waals surface area contributed by atoms with Gasteiger partial charge in [-0.1, -0.05) is 12.1 Å². The molecule has 0 saturated heterocycles. The third kappa shape index (κ3) is 3.40. The van der Waals surface area contributed by atoms with Crippen LogP contribution in [0.3, 0.4) is 0 Å². The summed E-state index contributed by atoms with van der Waals surface area (Å²) in [5.74, 6) is 0.352. The SMILES string of the molecule is CC(=O)c1ccc2c(c1)oc(=O)n2CCCOc1cccc(C)c1. The third-order valence-corrected chi connectivity index (χ3v) is 3.86. The van der Waals surface area contributed by atoms with Crippen LogP contribution in [0.2, 0.25) is 0 Å². The summed E-state index contributed by atoms with van der Waals surface area (Å²) in [6.07, 6.45) is 0.678. The first kappa shape index (κ1) is 16.1. The summed E-state index contributed by atoms with van der Waals surface area (Å²) in [6, 6.07) is 12.9. The Morgan fingerprint density at radius 3 is 2.79 bits per heavy atom. The maximum absolute atomic E-state index is 12.0. The highest BCUT2D eigenvalue weighted by Crippen LogP contribution is 2.16. The molecule has 0 unspecified atom stereocenters. The Labute approximate surface area is 139 Å². The zero-order valence-corrected chi connectivity index (χ0v) is 13.7. The number of hydrogen-bond donors (Lipinski definition) is 0. The number of oxazole rings is 1. The topological polar surface area (TPSA) is 61.4 Å². The second-order valence-corrected chi connectivity index (χ2v) is 5.78. The van der Waals surface area contributed by atoms with Crippen LogP contribution in [0, 0.1) is 6.92 Å². The van der Waals surface area contributed by atoms with Crippen molar-refractivity contribution < 1.29 is 13.9 Å². The van der Waals surface area contributed by atoms with Gasteiger partial charge in [0.15, 0.2) is 11.4 Å². The number of carbonyl (C=O) groups is 1. The maximum Gasteiger partial charge on any atom is 0.419 e. The Morgan fingerprint density at radius 2 is 2.04 bits per heavy atom. The lowest BCUT2D eigenvalue weighted by molar-refractivity contribution is 0.101. The van der Waals surface area contributed by atoms with E-state index in [9.17, 15) is 9.59 Å². The molecule has 0 amide bonds. The number of nitrogens with zero attached hydrogens (tertiary/aromatic N) is 1. The average molecular weight is 325 g/mol. The van der Waals surface area contributed by atoms with E-state index in [-0.39, 0.29) is 5.78 Å². The number of benzene rings is 2. The van der Waals surface area contributed by atoms with E-state index in [4.69, 9.17) is 9.15 Å². The summed E-state index contributed by atoms with van der Waals surface area (Å²) < 4.78 is 12.5. The highest BCUT2D eigenvalue weighted by atomic mass is 16.5. The van der Waals surface area contributed by atoms with Crippen LogP contribution in [0.4, 0.5) is 0 Å². The van der Waals surface area contributed by atoms with E-state index in [0.29, 0.717) is 36.2 Å². The van der Waals surface area contributed by atoms with Crippen LogP contribution in [-0.2, 0) is 6.54 Å². The minimum atomic E-state index is -0.416. The molecule has 1 aromatic heterocycles. The first-order chi connectivity index (χ1) is 11.5. The second kappa shape index (κ2) is 6.74. The van der Waals surface area contributed by atoms with Gasteiger partial charge in [-0.05, 0) is 56.2 Å². The molecule has 2 aromatic carbocycles. The van der Waals surface area contributed by atoms with Crippen LogP contribution in [-0.4, -0.2) is 17.0 Å². The summed E-state index contributed by atoms with van der Waals surface area (Å²) in [6.45, 7) is 4.50. The van der Waals surface area contributed by atoms with Crippen molar-refractivity contribution in [3.8, 4) is 5.75 Å². The average Bonchev–Trinajstić information content (AvgIpc) is 2.86. The largest absolute Gasteiger partial charge is 0.494 e. The van der Waals surface area contributed by atoms with Gasteiger partial charge >= 0.3 is 5.76 Å². The van der Waals surface area contributed by atoms with Crippen LogP contribution in [0.1, 0.15) is 29.3 Å². The Hall–Kier alpha value is -2.82. The molecule has 5 heteroatoms. The van der Waals surface area contributed by atoms with E-state index >= 15 is 0 Å². The van der Waals surface area contributed by atoms with Crippen LogP contribution in [0.25, 0.3) is 11.1 Å². The first-order valence-electron chi connectivity index (χ1n) is 7.88. The Kier molecular flexibility index (Phi) is 4.51. The quantitative estimate of drug-likeness (QED) is 0.513. The van der Waals surface area contributed by atoms with Gasteiger partial charge in [-0.3, -0.25) is 9.36 Å². The fourth-order valence-electron chi connectivity index (χ4n) is 2.61. The van der Waals surface area contributed by atoms with Gasteiger partial charge in [0.1, 0.15) is 5.75 Å². The lowest BCUT2D eigenvalue weighted by Gasteiger charge is -2.07. The zero-order chi connectivity index (χ0) is 17.1. The summed E-state index contributed by atoms with van der Waals surface area (Å²) in [7, 11) is 0. The molecular weight excluding hydrogens is 306 g/mol. The molecular formula is C19H19NO4. The molecule has 5 nitrogen and oxygen atoms in total. The van der Waals surface area contributed by atoms with E-state index in [1.807, 2.05) is 31.2 Å². The summed E-state index contributed by atoms with van der Waals surface area (Å²) in [5, 5.41) is 0. The second-order valence-electron chi connectivity index (χ2n) is 5.78. The molecule has 0 saturated carbocycles. The van der Waals surface area contributed by atoms with Crippen molar-refractivity contribution in [2.45, 2.75) is 26.8 Å². The van der Waals surface area contributed by atoms with E-state index in [1.165, 1.54) is 6.92 Å². The predicted molar refractivity (Wildman–Crippen MR) is 91.8 cm³/mol. The van der Waals surface area contributed by atoms with Gasteiger partial charge in [0, 0.05) is 12.1 Å². The minimum absolute atomic E-state index is 0.0566. The number of fused-ring (bicyclic) bond motifs is 1. The highest BCUT2D eigenvalue weighted by molar-refractivity contribution is 5.96. The molecule has 1 heterocycles. The lowest BCUT2D eigenvalue weighted by Crippen LogP contribution is -2.15. The van der Waals surface area contributed by atoms with Crippen molar-refractivity contribution in [2.24, 2.45) is 0 Å². The van der Waals surface area contributed by atoms with E-state index in [1.54, 1.807) is 22.8 Å². The molecule has 0 aliphatic rings. The van der Waals surface area contributed by atoms with Crippen LogP contribution >= 0.6 is 0 Å². The molecule has 24 heavy (non-hydrogen) atoms. The van der Waals surface area contributed by atoms with Crippen molar-refractivity contribution in [3.63, 3.8) is 0 Å². The summed E-state index contributed by atoms with van der Waals surface area (Å²) in [4.78, 5) is 23.4. The number of ketones is 1. The van der Waals surface area contributed by atoms with Gasteiger partial charge in [0.25, 0.3) is 0 Å². The molecule has 0 spiro atoms. The maximum atomic E-state index is 12.0. The van der Waals surface area contributed by atoms with Crippen molar-refractivity contribution in [3.05, 3.63) is 64.1 Å². The Morgan fingerprint density at radius 1 is 1.21 bits per heavy atom. The number of aryl methyl sites for hydroxylation is 2. The molecule has 0 fully saturated rings. The summed E-state index contributed by atoms with van der Waals surface area (Å²) >= 11 is 0. The van der Waals surface area contributed by atoms with E-state index in [2.05, 4.69) is 0 Å². The van der Waals surface area contributed by atoms with Gasteiger partial charge in [-0.15, -0.1) is 0 Å². The zero-order valence-electron chi connectivity index (χ0n) is 13.7. The van der Waals surface area contributed by atoms with Crippen LogP contribution < -0.4 is 10.5 Å². The number of rotatable bonds is 6. The molecule has 3 rings (SSSR count). The number of carbonyl (C=O) groups excluding carboxylic acids is 1. The third-order valence-electron chi connectivity index (χ3n) is 3.86. The molecule has 0 aliphatic heterocycles. The monoisotopic (exact) mass is 325 g/mol. The lowest BCUT2D eigenvalue weighted by atomic mass is 10.1. The standard InChI is InChI=1S/C19H19NO4/c1-13-5-3-6-16(11-13)23-10-4-9-20-17-8-7-15(14(2)21)12-18(17)24-19(20)22/h3,5-8,11-12H,4,9-10H2,1-2H3. The first-order valence-corrected chi connectivity index (χ1v) is 7.88. The fraction of sp³-hybridized carbons (Fsp3) is 0.263. The molecule has 124 valence electrons. The van der Waals surface area contributed by atoms with E-state index < -0.39 is 5.76 Å². The Balaban J connectivity index is 1.68. The molecule has 0 aliphatic carbocycles. The molecule has 3 aromatic rings. The van der Waals surface area contributed by atoms with Crippen molar-refractivity contribution >= 4 is 16.9 Å². The smallest absolute Gasteiger partial charge is 0.419 e. The van der Waals surface area contributed by atoms with Gasteiger partial charge in [-0.25, -0.2) is 4.79 Å². The van der Waals surface area contributed by atoms with Crippen molar-refractivity contribution in [1.29, 1.82) is 0 Å². The van der Waals surface area contributed by atoms with Gasteiger partial charge in [0.05, 0.1) is 12.1 Å². The highest BCUT2D eigenvalue weighted by Gasteiger charge is 2.11. The summed E-state index contributed by atoms with van der Waals surface area (Å²) in [5.41, 5.74) is 2.81. The van der Waals surface area contributed by atoms with Gasteiger partial charge < -0.3 is 9.15 Å². The molecule has 0 atom stereocenters. The van der Waals surface area contributed by atoms with Gasteiger partial charge in [-0.2, -0.15) is 0 Å². The van der Waals surface area contributed by atoms with Crippen LogP contribution in [0.5, 0.6) is 5.75 Å². The molecule has 0 N–H and O–H groups in total. The minimum Gasteiger partial charge on any atom is -0.494 e. The molecule has 0 bridgehead atoms. The van der Waals surface area contributed by atoms with Crippen molar-refractivity contribution in [2.75, 3.05) is 6.61 Å². The Bertz CT molecular complexity index is 936. The van der Waals surface area contributed by atoms with Crippen molar-refractivity contribution in [1.82, 2.24) is 4.57 Å². The number of Topliss-reactive ketones (excluding diaryl/α,β-unsaturated/α-hetero) is 1. The number of aromatic nitrogens is 1. The predicted octanol–water partition coefficient (Wildman–Crippen LogP) is 3.57.